The molecule has 11 heteroatoms. The number of rotatable bonds is 5. The summed E-state index contributed by atoms with van der Waals surface area (Å²) in [6.07, 6.45) is 6.35. The second kappa shape index (κ2) is 7.46. The first-order valence-electron chi connectivity index (χ1n) is 8.57. The fourth-order valence-corrected chi connectivity index (χ4v) is 3.07. The van der Waals surface area contributed by atoms with Gasteiger partial charge in [-0.2, -0.15) is 0 Å². The molecule has 3 aromatic heterocycles. The SMILES string of the molecule is COc1ncc(/C=C/c2nc3c(N)ncnc3n2C2CC(O)C(CO)O2)cn1. The lowest BCUT2D eigenvalue weighted by Gasteiger charge is -2.15. The van der Waals surface area contributed by atoms with Gasteiger partial charge in [0, 0.05) is 24.4 Å². The molecule has 0 aromatic carbocycles. The zero-order valence-corrected chi connectivity index (χ0v) is 15.0. The van der Waals surface area contributed by atoms with Crippen LogP contribution in [-0.4, -0.2) is 65.6 Å². The number of imidazole rings is 1. The van der Waals surface area contributed by atoms with E-state index in [-0.39, 0.29) is 24.9 Å². The highest BCUT2D eigenvalue weighted by Gasteiger charge is 2.36. The van der Waals surface area contributed by atoms with Crippen LogP contribution in [0.2, 0.25) is 0 Å². The number of aliphatic hydroxyl groups is 2. The molecule has 0 amide bonds. The molecule has 1 aliphatic heterocycles. The molecule has 3 atom stereocenters. The normalized spacial score (nSPS) is 22.3. The zero-order valence-electron chi connectivity index (χ0n) is 15.0. The van der Waals surface area contributed by atoms with Crippen LogP contribution in [0, 0.1) is 0 Å². The minimum absolute atomic E-state index is 0.239. The zero-order chi connectivity index (χ0) is 19.7. The number of nitrogens with zero attached hydrogens (tertiary/aromatic N) is 6. The number of fused-ring (bicyclic) bond motifs is 1. The Labute approximate surface area is 159 Å². The molecule has 11 nitrogen and oxygen atoms in total. The Morgan fingerprint density at radius 2 is 2.07 bits per heavy atom. The summed E-state index contributed by atoms with van der Waals surface area (Å²) in [4.78, 5) is 20.9. The molecule has 0 bridgehead atoms. The average molecular weight is 385 g/mol. The molecule has 3 unspecified atom stereocenters. The van der Waals surface area contributed by atoms with Crippen LogP contribution in [0.5, 0.6) is 6.01 Å². The predicted molar refractivity (Wildman–Crippen MR) is 98.9 cm³/mol. The van der Waals surface area contributed by atoms with E-state index in [0.29, 0.717) is 17.0 Å². The van der Waals surface area contributed by atoms with Gasteiger partial charge in [-0.3, -0.25) is 4.57 Å². The van der Waals surface area contributed by atoms with Gasteiger partial charge < -0.3 is 25.4 Å². The quantitative estimate of drug-likeness (QED) is 0.547. The number of ether oxygens (including phenoxy) is 2. The van der Waals surface area contributed by atoms with Crippen LogP contribution < -0.4 is 10.5 Å². The Morgan fingerprint density at radius 3 is 2.75 bits per heavy atom. The van der Waals surface area contributed by atoms with Crippen LogP contribution in [-0.2, 0) is 4.74 Å². The van der Waals surface area contributed by atoms with E-state index in [1.807, 2.05) is 0 Å². The number of anilines is 1. The maximum Gasteiger partial charge on any atom is 0.316 e. The van der Waals surface area contributed by atoms with Gasteiger partial charge in [-0.05, 0) is 12.2 Å². The third-order valence-electron chi connectivity index (χ3n) is 4.46. The van der Waals surface area contributed by atoms with E-state index in [1.54, 1.807) is 29.1 Å². The van der Waals surface area contributed by atoms with Crippen LogP contribution in [0.4, 0.5) is 5.82 Å². The molecule has 3 aromatic rings. The lowest BCUT2D eigenvalue weighted by Crippen LogP contribution is -2.24. The minimum atomic E-state index is -0.793. The van der Waals surface area contributed by atoms with Gasteiger partial charge in [-0.25, -0.2) is 24.9 Å². The van der Waals surface area contributed by atoms with E-state index in [1.165, 1.54) is 13.4 Å². The van der Waals surface area contributed by atoms with Gasteiger partial charge in [-0.1, -0.05) is 0 Å². The fraction of sp³-hybridized carbons (Fsp3) is 0.353. The summed E-state index contributed by atoms with van der Waals surface area (Å²) in [5.74, 6) is 0.747. The lowest BCUT2D eigenvalue weighted by molar-refractivity contribution is -0.0434. The highest BCUT2D eigenvalue weighted by molar-refractivity contribution is 5.84. The molecule has 0 spiro atoms. The van der Waals surface area contributed by atoms with Crippen LogP contribution in [0.3, 0.4) is 0 Å². The van der Waals surface area contributed by atoms with Crippen LogP contribution in [0.25, 0.3) is 23.3 Å². The van der Waals surface area contributed by atoms with E-state index in [9.17, 15) is 10.2 Å². The molecule has 0 radical (unpaired) electrons. The lowest BCUT2D eigenvalue weighted by atomic mass is 10.2. The van der Waals surface area contributed by atoms with Gasteiger partial charge in [0.1, 0.15) is 24.5 Å². The second-order valence-electron chi connectivity index (χ2n) is 6.22. The Kier molecular flexibility index (Phi) is 4.86. The van der Waals surface area contributed by atoms with E-state index in [4.69, 9.17) is 15.2 Å². The summed E-state index contributed by atoms with van der Waals surface area (Å²) in [7, 11) is 1.49. The first kappa shape index (κ1) is 18.2. The largest absolute Gasteiger partial charge is 0.467 e. The van der Waals surface area contributed by atoms with Crippen LogP contribution >= 0.6 is 0 Å². The van der Waals surface area contributed by atoms with Gasteiger partial charge >= 0.3 is 6.01 Å². The van der Waals surface area contributed by atoms with Crippen molar-refractivity contribution in [2.75, 3.05) is 19.5 Å². The van der Waals surface area contributed by atoms with Crippen molar-refractivity contribution in [3.8, 4) is 6.01 Å². The number of hydrogen-bond donors (Lipinski definition) is 3. The third kappa shape index (κ3) is 3.26. The topological polar surface area (TPSA) is 154 Å². The van der Waals surface area contributed by atoms with Crippen LogP contribution in [0.1, 0.15) is 24.0 Å². The van der Waals surface area contributed by atoms with E-state index in [0.717, 1.165) is 5.56 Å². The number of aromatic nitrogens is 6. The molecule has 4 heterocycles. The molecule has 28 heavy (non-hydrogen) atoms. The van der Waals surface area contributed by atoms with Gasteiger partial charge in [0.2, 0.25) is 0 Å². The predicted octanol–water partition coefficient (Wildman–Crippen LogP) is 0.0182. The highest BCUT2D eigenvalue weighted by Crippen LogP contribution is 2.33. The number of aliphatic hydroxyl groups excluding tert-OH is 2. The van der Waals surface area contributed by atoms with Gasteiger partial charge in [0.15, 0.2) is 17.0 Å². The molecule has 4 rings (SSSR count). The van der Waals surface area contributed by atoms with Gasteiger partial charge in [0.05, 0.1) is 19.8 Å². The summed E-state index contributed by atoms with van der Waals surface area (Å²) in [6.45, 7) is -0.282. The molecule has 1 aliphatic rings. The van der Waals surface area contributed by atoms with E-state index >= 15 is 0 Å². The van der Waals surface area contributed by atoms with Gasteiger partial charge in [-0.15, -0.1) is 0 Å². The first-order valence-corrected chi connectivity index (χ1v) is 8.57. The fourth-order valence-electron chi connectivity index (χ4n) is 3.07. The molecular weight excluding hydrogens is 366 g/mol. The number of nitrogen functional groups attached to an aromatic ring is 1. The molecule has 146 valence electrons. The van der Waals surface area contributed by atoms with Crippen molar-refractivity contribution in [2.24, 2.45) is 0 Å². The maximum absolute atomic E-state index is 10.1. The minimum Gasteiger partial charge on any atom is -0.467 e. The van der Waals surface area contributed by atoms with E-state index in [2.05, 4.69) is 24.9 Å². The van der Waals surface area contributed by atoms with Crippen molar-refractivity contribution in [1.82, 2.24) is 29.5 Å². The second-order valence-corrected chi connectivity index (χ2v) is 6.22. The van der Waals surface area contributed by atoms with Crippen molar-refractivity contribution >= 4 is 29.1 Å². The Balaban J connectivity index is 1.74. The standard InChI is InChI=1S/C17H19N7O4/c1-27-17-19-5-9(6-20-17)2-3-12-23-14-15(18)21-8-22-16(14)24(12)13-4-10(26)11(7-25)28-13/h2-3,5-6,8,10-11,13,25-26H,4,7H2,1H3,(H2,18,21,22)/b3-2+. The number of hydrogen-bond acceptors (Lipinski definition) is 10. The van der Waals surface area contributed by atoms with Crippen molar-refractivity contribution in [1.29, 1.82) is 0 Å². The molecule has 0 saturated carbocycles. The molecule has 1 saturated heterocycles. The summed E-state index contributed by atoms with van der Waals surface area (Å²) >= 11 is 0. The van der Waals surface area contributed by atoms with Crippen LogP contribution in [0.15, 0.2) is 18.7 Å². The van der Waals surface area contributed by atoms with E-state index < -0.39 is 18.4 Å². The van der Waals surface area contributed by atoms with Crippen molar-refractivity contribution in [2.45, 2.75) is 24.9 Å². The summed E-state index contributed by atoms with van der Waals surface area (Å²) in [5, 5.41) is 19.5. The van der Waals surface area contributed by atoms with Gasteiger partial charge in [0.25, 0.3) is 0 Å². The van der Waals surface area contributed by atoms with Crippen molar-refractivity contribution < 1.29 is 19.7 Å². The number of methoxy groups -OCH3 is 1. The molecule has 4 N–H and O–H groups in total. The summed E-state index contributed by atoms with van der Waals surface area (Å²) in [5.41, 5.74) is 7.59. The smallest absolute Gasteiger partial charge is 0.316 e. The summed E-state index contributed by atoms with van der Waals surface area (Å²) in [6, 6.07) is 0.274. The van der Waals surface area contributed by atoms with Crippen molar-refractivity contribution in [3.05, 3.63) is 30.1 Å². The Morgan fingerprint density at radius 1 is 1.29 bits per heavy atom. The highest BCUT2D eigenvalue weighted by atomic mass is 16.5. The third-order valence-corrected chi connectivity index (χ3v) is 4.46. The Bertz CT molecular complexity index is 1000. The first-order chi connectivity index (χ1) is 13.6. The molecule has 0 aliphatic carbocycles. The summed E-state index contributed by atoms with van der Waals surface area (Å²) < 4.78 is 12.5. The monoisotopic (exact) mass is 385 g/mol. The average Bonchev–Trinajstić information content (AvgIpc) is 3.27. The molecule has 1 fully saturated rings. The number of nitrogens with two attached hydrogens (primary N) is 1. The Hall–Kier alpha value is -3.15. The maximum atomic E-state index is 10.1. The molecular formula is C17H19N7O4. The van der Waals surface area contributed by atoms with Crippen molar-refractivity contribution in [3.63, 3.8) is 0 Å².